The predicted molar refractivity (Wildman–Crippen MR) is 83.2 cm³/mol. The average Bonchev–Trinajstić information content (AvgIpc) is 2.47. The van der Waals surface area contributed by atoms with Crippen molar-refractivity contribution in [2.24, 2.45) is 11.7 Å². The maximum absolute atomic E-state index is 5.55. The molecule has 2 nitrogen and oxygen atoms in total. The van der Waals surface area contributed by atoms with Crippen molar-refractivity contribution in [1.82, 2.24) is 0 Å². The van der Waals surface area contributed by atoms with E-state index in [9.17, 15) is 0 Å². The quantitative estimate of drug-likeness (QED) is 0.824. The number of hydrogen-bond acceptors (Lipinski definition) is 2. The Morgan fingerprint density at radius 2 is 1.58 bits per heavy atom. The first-order valence-electron chi connectivity index (χ1n) is 6.89. The third-order valence-electron chi connectivity index (χ3n) is 3.31. The van der Waals surface area contributed by atoms with Crippen LogP contribution >= 0.6 is 0 Å². The van der Waals surface area contributed by atoms with Crippen molar-refractivity contribution in [2.75, 3.05) is 18.4 Å². The molecule has 2 heteroatoms. The number of nitrogens with two attached hydrogens (primary N) is 1. The number of hydrogen-bond donors (Lipinski definition) is 2. The lowest BCUT2D eigenvalue weighted by atomic mass is 10.1. The lowest BCUT2D eigenvalue weighted by Crippen LogP contribution is -2.15. The highest BCUT2D eigenvalue weighted by molar-refractivity contribution is 5.65. The van der Waals surface area contributed by atoms with Crippen LogP contribution in [0.4, 0.5) is 5.69 Å². The summed E-state index contributed by atoms with van der Waals surface area (Å²) in [5.74, 6) is 0.610. The molecule has 2 aromatic rings. The summed E-state index contributed by atoms with van der Waals surface area (Å²) in [4.78, 5) is 0. The molecule has 0 fully saturated rings. The maximum Gasteiger partial charge on any atom is 0.0340 e. The first kappa shape index (κ1) is 13.6. The molecular formula is C17H22N2. The van der Waals surface area contributed by atoms with E-state index in [1.165, 1.54) is 16.8 Å². The molecule has 0 saturated heterocycles. The minimum Gasteiger partial charge on any atom is -0.385 e. The van der Waals surface area contributed by atoms with Gasteiger partial charge in [-0.05, 0) is 42.1 Å². The van der Waals surface area contributed by atoms with Gasteiger partial charge in [-0.15, -0.1) is 0 Å². The Morgan fingerprint density at radius 3 is 2.21 bits per heavy atom. The van der Waals surface area contributed by atoms with Crippen molar-refractivity contribution in [3.63, 3.8) is 0 Å². The number of anilines is 1. The van der Waals surface area contributed by atoms with Gasteiger partial charge in [0, 0.05) is 12.2 Å². The second-order valence-corrected chi connectivity index (χ2v) is 5.01. The molecule has 19 heavy (non-hydrogen) atoms. The van der Waals surface area contributed by atoms with E-state index in [1.807, 2.05) is 6.07 Å². The van der Waals surface area contributed by atoms with E-state index in [2.05, 4.69) is 60.8 Å². The van der Waals surface area contributed by atoms with Crippen molar-refractivity contribution >= 4 is 5.69 Å². The maximum atomic E-state index is 5.55. The van der Waals surface area contributed by atoms with Crippen molar-refractivity contribution in [3.05, 3.63) is 54.6 Å². The van der Waals surface area contributed by atoms with Crippen molar-refractivity contribution in [2.45, 2.75) is 13.3 Å². The summed E-state index contributed by atoms with van der Waals surface area (Å²) in [5, 5.41) is 3.45. The molecule has 0 saturated carbocycles. The van der Waals surface area contributed by atoms with Crippen LogP contribution in [0.1, 0.15) is 13.3 Å². The Labute approximate surface area is 115 Å². The van der Waals surface area contributed by atoms with Gasteiger partial charge in [0.1, 0.15) is 0 Å². The van der Waals surface area contributed by atoms with Gasteiger partial charge >= 0.3 is 0 Å². The van der Waals surface area contributed by atoms with E-state index < -0.39 is 0 Å². The van der Waals surface area contributed by atoms with Gasteiger partial charge in [0.05, 0.1) is 0 Å². The molecule has 0 radical (unpaired) electrons. The van der Waals surface area contributed by atoms with E-state index >= 15 is 0 Å². The first-order chi connectivity index (χ1) is 9.29. The smallest absolute Gasteiger partial charge is 0.0340 e. The lowest BCUT2D eigenvalue weighted by molar-refractivity contribution is 0.568. The summed E-state index contributed by atoms with van der Waals surface area (Å²) in [5.41, 5.74) is 9.23. The fraction of sp³-hybridized carbons (Fsp3) is 0.294. The predicted octanol–water partition coefficient (Wildman–Crippen LogP) is 3.75. The molecular weight excluding hydrogens is 232 g/mol. The van der Waals surface area contributed by atoms with Crippen LogP contribution < -0.4 is 11.1 Å². The van der Waals surface area contributed by atoms with E-state index in [4.69, 9.17) is 5.73 Å². The van der Waals surface area contributed by atoms with Crippen LogP contribution in [0.3, 0.4) is 0 Å². The Morgan fingerprint density at radius 1 is 0.947 bits per heavy atom. The molecule has 0 aliphatic heterocycles. The number of nitrogens with one attached hydrogen (secondary N) is 1. The largest absolute Gasteiger partial charge is 0.385 e. The second-order valence-electron chi connectivity index (χ2n) is 5.01. The van der Waals surface area contributed by atoms with Crippen LogP contribution in [0, 0.1) is 5.92 Å². The summed E-state index contributed by atoms with van der Waals surface area (Å²) in [6.07, 6.45) is 1.06. The van der Waals surface area contributed by atoms with Gasteiger partial charge in [-0.1, -0.05) is 49.4 Å². The minimum absolute atomic E-state index is 0.610. The number of rotatable bonds is 6. The SMILES string of the molecule is CC(CCN)CNc1ccc(-c2ccccc2)cc1. The third-order valence-corrected chi connectivity index (χ3v) is 3.31. The Kier molecular flexibility index (Phi) is 4.99. The minimum atomic E-state index is 0.610. The van der Waals surface area contributed by atoms with Gasteiger partial charge < -0.3 is 11.1 Å². The molecule has 1 unspecified atom stereocenters. The zero-order valence-corrected chi connectivity index (χ0v) is 11.5. The van der Waals surface area contributed by atoms with Crippen LogP contribution in [-0.4, -0.2) is 13.1 Å². The standard InChI is InChI=1S/C17H22N2/c1-14(11-12-18)13-19-17-9-7-16(8-10-17)15-5-3-2-4-6-15/h2-10,14,19H,11-13,18H2,1H3. The molecule has 0 bridgehead atoms. The first-order valence-corrected chi connectivity index (χ1v) is 6.89. The zero-order valence-electron chi connectivity index (χ0n) is 11.5. The van der Waals surface area contributed by atoms with Crippen LogP contribution in [0.5, 0.6) is 0 Å². The van der Waals surface area contributed by atoms with Crippen molar-refractivity contribution in [3.8, 4) is 11.1 Å². The third kappa shape index (κ3) is 4.11. The molecule has 0 spiro atoms. The van der Waals surface area contributed by atoms with E-state index in [1.54, 1.807) is 0 Å². The van der Waals surface area contributed by atoms with Crippen molar-refractivity contribution < 1.29 is 0 Å². The molecule has 0 aromatic heterocycles. The highest BCUT2D eigenvalue weighted by Gasteiger charge is 2.01. The molecule has 2 aromatic carbocycles. The van der Waals surface area contributed by atoms with Gasteiger partial charge in [0.2, 0.25) is 0 Å². The van der Waals surface area contributed by atoms with Crippen LogP contribution in [-0.2, 0) is 0 Å². The zero-order chi connectivity index (χ0) is 13.5. The van der Waals surface area contributed by atoms with Gasteiger partial charge in [0.15, 0.2) is 0 Å². The molecule has 0 aliphatic rings. The molecule has 2 rings (SSSR count). The van der Waals surface area contributed by atoms with Crippen LogP contribution in [0.2, 0.25) is 0 Å². The summed E-state index contributed by atoms with van der Waals surface area (Å²) < 4.78 is 0. The highest BCUT2D eigenvalue weighted by Crippen LogP contribution is 2.21. The van der Waals surface area contributed by atoms with E-state index in [0.29, 0.717) is 5.92 Å². The summed E-state index contributed by atoms with van der Waals surface area (Å²) in [6.45, 7) is 3.95. The Hall–Kier alpha value is -1.80. The topological polar surface area (TPSA) is 38.0 Å². The van der Waals surface area contributed by atoms with Gasteiger partial charge in [-0.2, -0.15) is 0 Å². The highest BCUT2D eigenvalue weighted by atomic mass is 14.9. The monoisotopic (exact) mass is 254 g/mol. The molecule has 0 heterocycles. The van der Waals surface area contributed by atoms with Gasteiger partial charge in [-0.25, -0.2) is 0 Å². The molecule has 1 atom stereocenters. The normalized spacial score (nSPS) is 12.1. The molecule has 0 amide bonds. The van der Waals surface area contributed by atoms with Gasteiger partial charge in [0.25, 0.3) is 0 Å². The summed E-state index contributed by atoms with van der Waals surface area (Å²) in [7, 11) is 0. The summed E-state index contributed by atoms with van der Waals surface area (Å²) >= 11 is 0. The molecule has 3 N–H and O–H groups in total. The fourth-order valence-corrected chi connectivity index (χ4v) is 2.09. The van der Waals surface area contributed by atoms with E-state index in [0.717, 1.165) is 19.5 Å². The molecule has 0 aliphatic carbocycles. The van der Waals surface area contributed by atoms with Crippen LogP contribution in [0.25, 0.3) is 11.1 Å². The van der Waals surface area contributed by atoms with E-state index in [-0.39, 0.29) is 0 Å². The second kappa shape index (κ2) is 6.95. The average molecular weight is 254 g/mol. The van der Waals surface area contributed by atoms with Gasteiger partial charge in [-0.3, -0.25) is 0 Å². The number of benzene rings is 2. The molecule has 100 valence electrons. The Bertz CT molecular complexity index is 476. The van der Waals surface area contributed by atoms with Crippen LogP contribution in [0.15, 0.2) is 54.6 Å². The van der Waals surface area contributed by atoms with Crippen molar-refractivity contribution in [1.29, 1.82) is 0 Å². The lowest BCUT2D eigenvalue weighted by Gasteiger charge is -2.12. The Balaban J connectivity index is 1.95. The fourth-order valence-electron chi connectivity index (χ4n) is 2.09. The summed E-state index contributed by atoms with van der Waals surface area (Å²) in [6, 6.07) is 19.0.